The minimum absolute atomic E-state index is 0.0223. The third-order valence-electron chi connectivity index (χ3n) is 5.38. The van der Waals surface area contributed by atoms with Crippen molar-refractivity contribution in [2.75, 3.05) is 5.32 Å². The number of aryl methyl sites for hydroxylation is 2. The Kier molecular flexibility index (Phi) is 6.67. The summed E-state index contributed by atoms with van der Waals surface area (Å²) in [6.45, 7) is 1.54. The molecule has 10 heteroatoms. The molecule has 0 aliphatic carbocycles. The van der Waals surface area contributed by atoms with Gasteiger partial charge in [-0.1, -0.05) is 41.9 Å². The monoisotopic (exact) mass is 497 g/mol. The molecule has 0 saturated carbocycles. The molecule has 2 heterocycles. The Morgan fingerprint density at radius 2 is 1.82 bits per heavy atom. The minimum atomic E-state index is -1.23. The van der Waals surface area contributed by atoms with E-state index in [1.165, 1.54) is 34.1 Å². The number of carboxylic acid groups (broad SMARTS) is 1. The molecule has 0 atom stereocenters. The highest BCUT2D eigenvalue weighted by Crippen LogP contribution is 2.23. The van der Waals surface area contributed by atoms with E-state index in [2.05, 4.69) is 5.32 Å². The Labute approximate surface area is 202 Å². The zero-order valence-electron chi connectivity index (χ0n) is 18.1. The van der Waals surface area contributed by atoms with Gasteiger partial charge in [0.15, 0.2) is 0 Å². The predicted octanol–water partition coefficient (Wildman–Crippen LogP) is 3.77. The lowest BCUT2D eigenvalue weighted by molar-refractivity contribution is -0.116. The summed E-state index contributed by atoms with van der Waals surface area (Å²) in [5.41, 5.74) is 0.589. The Bertz CT molecular complexity index is 1520. The molecule has 0 bridgehead atoms. The maximum atomic E-state index is 13.3. The van der Waals surface area contributed by atoms with Crippen molar-refractivity contribution in [2.24, 2.45) is 0 Å². The number of carbonyl (C=O) groups excluding carboxylic acids is 1. The summed E-state index contributed by atoms with van der Waals surface area (Å²) in [4.78, 5) is 51.1. The molecule has 2 aromatic carbocycles. The SMILES string of the molecule is Cc1csc2c1c(=O)n(CCc1ccccc1)c(=O)n2CC(=O)Nc1cc(Cl)ccc1C(=O)O. The Morgan fingerprint density at radius 3 is 2.53 bits per heavy atom. The minimum Gasteiger partial charge on any atom is -0.478 e. The summed E-state index contributed by atoms with van der Waals surface area (Å²) < 4.78 is 2.39. The van der Waals surface area contributed by atoms with Crippen LogP contribution in [0.25, 0.3) is 10.2 Å². The lowest BCUT2D eigenvalue weighted by atomic mass is 10.1. The van der Waals surface area contributed by atoms with E-state index >= 15 is 0 Å². The number of amides is 1. The van der Waals surface area contributed by atoms with E-state index in [-0.39, 0.29) is 22.8 Å². The van der Waals surface area contributed by atoms with Crippen LogP contribution < -0.4 is 16.6 Å². The van der Waals surface area contributed by atoms with Gasteiger partial charge in [0.25, 0.3) is 5.56 Å². The van der Waals surface area contributed by atoms with Crippen LogP contribution in [0.4, 0.5) is 5.69 Å². The fourth-order valence-electron chi connectivity index (χ4n) is 3.71. The highest BCUT2D eigenvalue weighted by Gasteiger charge is 2.20. The lowest BCUT2D eigenvalue weighted by Crippen LogP contribution is -2.42. The van der Waals surface area contributed by atoms with Crippen molar-refractivity contribution >= 4 is 50.7 Å². The van der Waals surface area contributed by atoms with E-state index < -0.39 is 29.7 Å². The van der Waals surface area contributed by atoms with E-state index in [0.29, 0.717) is 16.6 Å². The lowest BCUT2D eigenvalue weighted by Gasteiger charge is -2.13. The molecule has 8 nitrogen and oxygen atoms in total. The molecule has 0 saturated heterocycles. The molecular formula is C24H20ClN3O5S. The van der Waals surface area contributed by atoms with Gasteiger partial charge in [0.2, 0.25) is 5.91 Å². The highest BCUT2D eigenvalue weighted by molar-refractivity contribution is 7.17. The molecule has 2 aromatic heterocycles. The van der Waals surface area contributed by atoms with E-state index in [9.17, 15) is 24.3 Å². The van der Waals surface area contributed by atoms with Gasteiger partial charge in [-0.05, 0) is 48.1 Å². The molecule has 4 rings (SSSR count). The van der Waals surface area contributed by atoms with Crippen LogP contribution in [0, 0.1) is 6.92 Å². The second-order valence-corrected chi connectivity index (χ2v) is 9.00. The number of hydrogen-bond donors (Lipinski definition) is 2. The molecule has 0 unspecified atom stereocenters. The zero-order chi connectivity index (χ0) is 24.4. The molecule has 1 amide bonds. The fourth-order valence-corrected chi connectivity index (χ4v) is 4.92. The number of carbonyl (C=O) groups is 2. The Balaban J connectivity index is 1.71. The fraction of sp³-hybridized carbons (Fsp3) is 0.167. The van der Waals surface area contributed by atoms with Gasteiger partial charge in [-0.25, -0.2) is 9.59 Å². The highest BCUT2D eigenvalue weighted by atomic mass is 35.5. The number of carboxylic acids is 1. The number of nitrogens with one attached hydrogen (secondary N) is 1. The van der Waals surface area contributed by atoms with Crippen LogP contribution in [-0.4, -0.2) is 26.1 Å². The summed E-state index contributed by atoms with van der Waals surface area (Å²) in [5.74, 6) is -1.85. The second kappa shape index (κ2) is 9.66. The molecule has 0 fully saturated rings. The van der Waals surface area contributed by atoms with Gasteiger partial charge in [0, 0.05) is 11.6 Å². The van der Waals surface area contributed by atoms with Gasteiger partial charge in [0.1, 0.15) is 11.4 Å². The van der Waals surface area contributed by atoms with Crippen molar-refractivity contribution < 1.29 is 14.7 Å². The standard InChI is InChI=1S/C24H20ClN3O5S/c1-14-13-34-22-20(14)21(30)27(10-9-15-5-3-2-4-6-15)24(33)28(22)12-19(29)26-18-11-16(25)7-8-17(18)23(31)32/h2-8,11,13H,9-10,12H2,1H3,(H,26,29)(H,31,32). The number of aromatic carboxylic acids is 1. The Morgan fingerprint density at radius 1 is 1.09 bits per heavy atom. The van der Waals surface area contributed by atoms with Gasteiger partial charge in [-0.3, -0.25) is 18.7 Å². The first-order valence-corrected chi connectivity index (χ1v) is 11.6. The van der Waals surface area contributed by atoms with Crippen LogP contribution in [-0.2, 0) is 24.3 Å². The third kappa shape index (κ3) is 4.66. The molecule has 2 N–H and O–H groups in total. The number of nitrogens with zero attached hydrogens (tertiary/aromatic N) is 2. The number of anilines is 1. The second-order valence-electron chi connectivity index (χ2n) is 7.70. The van der Waals surface area contributed by atoms with Crippen LogP contribution in [0.2, 0.25) is 5.02 Å². The molecular weight excluding hydrogens is 478 g/mol. The molecule has 34 heavy (non-hydrogen) atoms. The first-order valence-electron chi connectivity index (χ1n) is 10.3. The summed E-state index contributed by atoms with van der Waals surface area (Å²) in [5, 5.41) is 14.3. The van der Waals surface area contributed by atoms with Gasteiger partial charge < -0.3 is 10.4 Å². The number of halogens is 1. The number of hydrogen-bond acceptors (Lipinski definition) is 5. The summed E-state index contributed by atoms with van der Waals surface area (Å²) in [7, 11) is 0. The predicted molar refractivity (Wildman–Crippen MR) is 132 cm³/mol. The van der Waals surface area contributed by atoms with Crippen molar-refractivity contribution in [2.45, 2.75) is 26.4 Å². The van der Waals surface area contributed by atoms with Crippen LogP contribution >= 0.6 is 22.9 Å². The molecule has 0 aliphatic heterocycles. The van der Waals surface area contributed by atoms with Crippen molar-refractivity contribution in [3.63, 3.8) is 0 Å². The summed E-state index contributed by atoms with van der Waals surface area (Å²) in [6, 6.07) is 13.5. The summed E-state index contributed by atoms with van der Waals surface area (Å²) >= 11 is 7.16. The third-order valence-corrected chi connectivity index (χ3v) is 6.73. The maximum Gasteiger partial charge on any atom is 0.337 e. The van der Waals surface area contributed by atoms with Gasteiger partial charge in [-0.15, -0.1) is 11.3 Å². The van der Waals surface area contributed by atoms with Gasteiger partial charge >= 0.3 is 11.7 Å². The molecule has 0 radical (unpaired) electrons. The van der Waals surface area contributed by atoms with Crippen molar-refractivity contribution in [3.05, 3.63) is 96.5 Å². The molecule has 0 aliphatic rings. The Hall–Kier alpha value is -3.69. The smallest absolute Gasteiger partial charge is 0.337 e. The normalized spacial score (nSPS) is 11.0. The molecule has 174 valence electrons. The first kappa shape index (κ1) is 23.5. The van der Waals surface area contributed by atoms with Gasteiger partial charge in [0.05, 0.1) is 16.6 Å². The number of aromatic nitrogens is 2. The quantitative estimate of drug-likeness (QED) is 0.404. The van der Waals surface area contributed by atoms with Crippen LogP contribution in [0.1, 0.15) is 21.5 Å². The largest absolute Gasteiger partial charge is 0.478 e. The van der Waals surface area contributed by atoms with E-state index in [1.807, 2.05) is 30.3 Å². The average molecular weight is 498 g/mol. The van der Waals surface area contributed by atoms with Crippen molar-refractivity contribution in [3.8, 4) is 0 Å². The zero-order valence-corrected chi connectivity index (χ0v) is 19.7. The van der Waals surface area contributed by atoms with Crippen LogP contribution in [0.5, 0.6) is 0 Å². The molecule has 4 aromatic rings. The number of rotatable bonds is 7. The van der Waals surface area contributed by atoms with E-state index in [0.717, 1.165) is 15.7 Å². The van der Waals surface area contributed by atoms with Gasteiger partial charge in [-0.2, -0.15) is 0 Å². The summed E-state index contributed by atoms with van der Waals surface area (Å²) in [6.07, 6.45) is 0.474. The van der Waals surface area contributed by atoms with E-state index in [4.69, 9.17) is 11.6 Å². The average Bonchev–Trinajstić information content (AvgIpc) is 3.18. The topological polar surface area (TPSA) is 110 Å². The van der Waals surface area contributed by atoms with Crippen molar-refractivity contribution in [1.82, 2.24) is 9.13 Å². The number of thiophene rings is 1. The number of benzene rings is 2. The van der Waals surface area contributed by atoms with Crippen LogP contribution in [0.3, 0.4) is 0 Å². The van der Waals surface area contributed by atoms with Crippen molar-refractivity contribution in [1.29, 1.82) is 0 Å². The van der Waals surface area contributed by atoms with E-state index in [1.54, 1.807) is 12.3 Å². The van der Waals surface area contributed by atoms with Crippen LogP contribution in [0.15, 0.2) is 63.5 Å². The molecule has 0 spiro atoms. The first-order chi connectivity index (χ1) is 16.3. The number of fused-ring (bicyclic) bond motifs is 1. The maximum absolute atomic E-state index is 13.3.